The Labute approximate surface area is 92.3 Å². The van der Waals surface area contributed by atoms with Gasteiger partial charge in [-0.05, 0) is 12.1 Å². The summed E-state index contributed by atoms with van der Waals surface area (Å²) in [6.07, 6.45) is -0.0560. The molecule has 86 valence electrons. The number of carboxylic acid groups (broad SMARTS) is 2. The van der Waals surface area contributed by atoms with Crippen LogP contribution in [0.4, 0.5) is 0 Å². The number of hydrogen-bond acceptors (Lipinski definition) is 3. The van der Waals surface area contributed by atoms with E-state index in [1.807, 2.05) is 6.07 Å². The number of rotatable bonds is 6. The summed E-state index contributed by atoms with van der Waals surface area (Å²) in [7, 11) is 0. The highest BCUT2D eigenvalue weighted by atomic mass is 16.5. The second-order valence-corrected chi connectivity index (χ2v) is 3.18. The van der Waals surface area contributed by atoms with Gasteiger partial charge in [0.05, 0.1) is 6.61 Å². The van der Waals surface area contributed by atoms with Gasteiger partial charge in [0.25, 0.3) is 0 Å². The van der Waals surface area contributed by atoms with Crippen LogP contribution >= 0.6 is 0 Å². The van der Waals surface area contributed by atoms with Gasteiger partial charge in [-0.1, -0.05) is 18.2 Å². The van der Waals surface area contributed by atoms with Gasteiger partial charge < -0.3 is 14.9 Å². The first-order valence-electron chi connectivity index (χ1n) is 4.74. The van der Waals surface area contributed by atoms with E-state index in [-0.39, 0.29) is 13.0 Å². The molecule has 0 aliphatic rings. The fraction of sp³-hybridized carbons (Fsp3) is 0.273. The molecule has 16 heavy (non-hydrogen) atoms. The molecule has 0 aliphatic carbocycles. The highest BCUT2D eigenvalue weighted by Gasteiger charge is 2.25. The number of ether oxygens (including phenoxy) is 1. The fourth-order valence-corrected chi connectivity index (χ4v) is 1.16. The number of benzene rings is 1. The van der Waals surface area contributed by atoms with Crippen molar-refractivity contribution < 1.29 is 24.5 Å². The van der Waals surface area contributed by atoms with Gasteiger partial charge in [0.1, 0.15) is 5.75 Å². The maximum absolute atomic E-state index is 10.5. The van der Waals surface area contributed by atoms with Gasteiger partial charge >= 0.3 is 11.9 Å². The molecule has 5 heteroatoms. The Morgan fingerprint density at radius 3 is 2.19 bits per heavy atom. The highest BCUT2D eigenvalue weighted by molar-refractivity contribution is 5.92. The summed E-state index contributed by atoms with van der Waals surface area (Å²) in [6.45, 7) is 0.0628. The molecule has 0 unspecified atom stereocenters. The first-order valence-corrected chi connectivity index (χ1v) is 4.74. The molecule has 0 bridgehead atoms. The lowest BCUT2D eigenvalue weighted by Gasteiger charge is -2.08. The molecule has 0 heterocycles. The summed E-state index contributed by atoms with van der Waals surface area (Å²) in [5, 5.41) is 17.2. The summed E-state index contributed by atoms with van der Waals surface area (Å²) in [6, 6.07) is 8.82. The molecule has 1 aromatic carbocycles. The van der Waals surface area contributed by atoms with Crippen molar-refractivity contribution in [1.29, 1.82) is 0 Å². The maximum atomic E-state index is 10.5. The Bertz CT molecular complexity index is 346. The van der Waals surface area contributed by atoms with Gasteiger partial charge in [0, 0.05) is 6.42 Å². The zero-order valence-electron chi connectivity index (χ0n) is 8.50. The molecule has 0 fully saturated rings. The number of aliphatic carboxylic acids is 2. The molecule has 0 saturated carbocycles. The fourth-order valence-electron chi connectivity index (χ4n) is 1.16. The lowest BCUT2D eigenvalue weighted by molar-refractivity contribution is -0.155. The molecule has 1 aromatic rings. The summed E-state index contributed by atoms with van der Waals surface area (Å²) in [5.41, 5.74) is 0. The summed E-state index contributed by atoms with van der Waals surface area (Å²) in [4.78, 5) is 21.1. The van der Waals surface area contributed by atoms with Crippen LogP contribution in [0, 0.1) is 5.92 Å². The average molecular weight is 224 g/mol. The molecule has 0 spiro atoms. The average Bonchev–Trinajstić information content (AvgIpc) is 2.24. The largest absolute Gasteiger partial charge is 0.494 e. The van der Waals surface area contributed by atoms with Gasteiger partial charge in [0.2, 0.25) is 0 Å². The van der Waals surface area contributed by atoms with Crippen molar-refractivity contribution in [2.45, 2.75) is 6.42 Å². The Hall–Kier alpha value is -2.04. The third-order valence-electron chi connectivity index (χ3n) is 2.01. The van der Waals surface area contributed by atoms with Crippen molar-refractivity contribution in [2.75, 3.05) is 6.61 Å². The highest BCUT2D eigenvalue weighted by Crippen LogP contribution is 2.10. The van der Waals surface area contributed by atoms with Crippen molar-refractivity contribution in [2.24, 2.45) is 5.92 Å². The van der Waals surface area contributed by atoms with E-state index in [0.717, 1.165) is 0 Å². The van der Waals surface area contributed by atoms with E-state index in [1.165, 1.54) is 0 Å². The van der Waals surface area contributed by atoms with Crippen LogP contribution in [-0.4, -0.2) is 28.8 Å². The molecule has 2 N–H and O–H groups in total. The second kappa shape index (κ2) is 5.75. The van der Waals surface area contributed by atoms with E-state index in [9.17, 15) is 9.59 Å². The number of carbonyl (C=O) groups is 2. The smallest absolute Gasteiger partial charge is 0.318 e. The molecule has 0 radical (unpaired) electrons. The summed E-state index contributed by atoms with van der Waals surface area (Å²) < 4.78 is 5.21. The predicted octanol–water partition coefficient (Wildman–Crippen LogP) is 1.24. The molecule has 5 nitrogen and oxygen atoms in total. The van der Waals surface area contributed by atoms with Crippen molar-refractivity contribution in [3.05, 3.63) is 30.3 Å². The second-order valence-electron chi connectivity index (χ2n) is 3.18. The predicted molar refractivity (Wildman–Crippen MR) is 55.3 cm³/mol. The molecule has 0 amide bonds. The van der Waals surface area contributed by atoms with Crippen LogP contribution in [0.1, 0.15) is 6.42 Å². The van der Waals surface area contributed by atoms with E-state index in [0.29, 0.717) is 5.75 Å². The maximum Gasteiger partial charge on any atom is 0.318 e. The standard InChI is InChI=1S/C11H12O5/c12-10(13)9(11(14)15)6-7-16-8-4-2-1-3-5-8/h1-5,9H,6-7H2,(H,12,13)(H,14,15). The van der Waals surface area contributed by atoms with Crippen LogP contribution in [0.15, 0.2) is 30.3 Å². The van der Waals surface area contributed by atoms with Crippen LogP contribution in [0.2, 0.25) is 0 Å². The van der Waals surface area contributed by atoms with Gasteiger partial charge in [-0.2, -0.15) is 0 Å². The lowest BCUT2D eigenvalue weighted by atomic mass is 10.1. The van der Waals surface area contributed by atoms with Crippen LogP contribution in [-0.2, 0) is 9.59 Å². The monoisotopic (exact) mass is 224 g/mol. The SMILES string of the molecule is O=C(O)C(CCOc1ccccc1)C(=O)O. The van der Waals surface area contributed by atoms with E-state index in [1.54, 1.807) is 24.3 Å². The Morgan fingerprint density at radius 2 is 1.69 bits per heavy atom. The van der Waals surface area contributed by atoms with Crippen LogP contribution in [0.25, 0.3) is 0 Å². The minimum Gasteiger partial charge on any atom is -0.494 e. The molecular weight excluding hydrogens is 212 g/mol. The first kappa shape index (κ1) is 12.0. The molecule has 1 rings (SSSR count). The van der Waals surface area contributed by atoms with Crippen LogP contribution < -0.4 is 4.74 Å². The molecule has 0 atom stereocenters. The Morgan fingerprint density at radius 1 is 1.12 bits per heavy atom. The van der Waals surface area contributed by atoms with E-state index in [2.05, 4.69) is 0 Å². The summed E-state index contributed by atoms with van der Waals surface area (Å²) in [5.74, 6) is -3.51. The van der Waals surface area contributed by atoms with E-state index in [4.69, 9.17) is 14.9 Å². The number of carboxylic acids is 2. The van der Waals surface area contributed by atoms with Gasteiger partial charge in [-0.3, -0.25) is 9.59 Å². The van der Waals surface area contributed by atoms with Crippen LogP contribution in [0.5, 0.6) is 5.75 Å². The molecule has 0 aromatic heterocycles. The van der Waals surface area contributed by atoms with Crippen molar-refractivity contribution >= 4 is 11.9 Å². The molecule has 0 aliphatic heterocycles. The quantitative estimate of drug-likeness (QED) is 0.710. The zero-order chi connectivity index (χ0) is 12.0. The van der Waals surface area contributed by atoms with Gasteiger partial charge in [-0.15, -0.1) is 0 Å². The summed E-state index contributed by atoms with van der Waals surface area (Å²) >= 11 is 0. The van der Waals surface area contributed by atoms with Crippen LogP contribution in [0.3, 0.4) is 0 Å². The van der Waals surface area contributed by atoms with Crippen molar-refractivity contribution in [3.63, 3.8) is 0 Å². The first-order chi connectivity index (χ1) is 7.61. The third-order valence-corrected chi connectivity index (χ3v) is 2.01. The van der Waals surface area contributed by atoms with Crippen molar-refractivity contribution in [3.8, 4) is 5.75 Å². The topological polar surface area (TPSA) is 83.8 Å². The lowest BCUT2D eigenvalue weighted by Crippen LogP contribution is -2.25. The molecule has 0 saturated heterocycles. The third kappa shape index (κ3) is 3.61. The van der Waals surface area contributed by atoms with Gasteiger partial charge in [-0.25, -0.2) is 0 Å². The van der Waals surface area contributed by atoms with Crippen molar-refractivity contribution in [1.82, 2.24) is 0 Å². The Kier molecular flexibility index (Phi) is 4.32. The minimum atomic E-state index is -1.41. The molecular formula is C11H12O5. The number of para-hydroxylation sites is 1. The van der Waals surface area contributed by atoms with E-state index >= 15 is 0 Å². The normalized spacial score (nSPS) is 10.1. The van der Waals surface area contributed by atoms with E-state index < -0.39 is 17.9 Å². The zero-order valence-corrected chi connectivity index (χ0v) is 8.50. The number of hydrogen-bond donors (Lipinski definition) is 2. The Balaban J connectivity index is 2.40. The minimum absolute atomic E-state index is 0.0560. The van der Waals surface area contributed by atoms with Gasteiger partial charge in [0.15, 0.2) is 5.92 Å².